The molecule has 2 fully saturated rings. The van der Waals surface area contributed by atoms with Crippen LogP contribution in [0.15, 0.2) is 35.2 Å². The van der Waals surface area contributed by atoms with E-state index in [4.69, 9.17) is 0 Å². The molecule has 1 amide bonds. The van der Waals surface area contributed by atoms with E-state index in [-0.39, 0.29) is 12.3 Å². The van der Waals surface area contributed by atoms with Gasteiger partial charge >= 0.3 is 0 Å². The van der Waals surface area contributed by atoms with Crippen LogP contribution in [-0.4, -0.2) is 35.6 Å². The third-order valence-electron chi connectivity index (χ3n) is 4.61. The first-order valence-electron chi connectivity index (χ1n) is 7.36. The van der Waals surface area contributed by atoms with Crippen LogP contribution in [0.2, 0.25) is 0 Å². The van der Waals surface area contributed by atoms with Gasteiger partial charge in [-0.05, 0) is 25.0 Å². The minimum absolute atomic E-state index is 0.0197. The Morgan fingerprint density at radius 1 is 1.19 bits per heavy atom. The molecule has 1 saturated heterocycles. The van der Waals surface area contributed by atoms with Gasteiger partial charge in [0.1, 0.15) is 0 Å². The standard InChI is InChI=1S/C16H19F2NOS/c17-16(18)12-15(16)7-9-19(10-8-15)14(20)6-11-21-13-4-2-1-3-5-13/h1-5H,6-12H2. The summed E-state index contributed by atoms with van der Waals surface area (Å²) >= 11 is 1.66. The van der Waals surface area contributed by atoms with E-state index in [9.17, 15) is 13.6 Å². The lowest BCUT2D eigenvalue weighted by Crippen LogP contribution is -2.40. The van der Waals surface area contributed by atoms with Gasteiger partial charge in [0.2, 0.25) is 5.91 Å². The van der Waals surface area contributed by atoms with Gasteiger partial charge in [0.05, 0.1) is 0 Å². The van der Waals surface area contributed by atoms with E-state index in [1.54, 1.807) is 16.7 Å². The molecule has 0 atom stereocenters. The second-order valence-corrected chi connectivity index (χ2v) is 7.12. The molecule has 0 N–H and O–H groups in total. The summed E-state index contributed by atoms with van der Waals surface area (Å²) in [6.07, 6.45) is 1.41. The molecule has 1 heterocycles. The predicted octanol–water partition coefficient (Wildman–Crippen LogP) is 3.82. The summed E-state index contributed by atoms with van der Waals surface area (Å²) in [5.41, 5.74) is -0.775. The Hall–Kier alpha value is -1.10. The monoisotopic (exact) mass is 311 g/mol. The van der Waals surface area contributed by atoms with Crippen LogP contribution in [0.3, 0.4) is 0 Å². The number of hydrogen-bond acceptors (Lipinski definition) is 2. The average molecular weight is 311 g/mol. The maximum absolute atomic E-state index is 13.3. The SMILES string of the molecule is O=C(CCSc1ccccc1)N1CCC2(CC1)CC2(F)F. The van der Waals surface area contributed by atoms with Crippen LogP contribution in [0.4, 0.5) is 8.78 Å². The number of carbonyl (C=O) groups is 1. The molecule has 0 unspecified atom stereocenters. The van der Waals surface area contributed by atoms with Crippen molar-refractivity contribution in [2.75, 3.05) is 18.8 Å². The van der Waals surface area contributed by atoms with Crippen molar-refractivity contribution < 1.29 is 13.6 Å². The van der Waals surface area contributed by atoms with Crippen molar-refractivity contribution in [2.24, 2.45) is 5.41 Å². The van der Waals surface area contributed by atoms with Gasteiger partial charge in [-0.15, -0.1) is 11.8 Å². The maximum atomic E-state index is 13.3. The lowest BCUT2D eigenvalue weighted by Gasteiger charge is -2.32. The number of benzene rings is 1. The predicted molar refractivity (Wildman–Crippen MR) is 79.6 cm³/mol. The first-order chi connectivity index (χ1) is 10.0. The molecule has 3 rings (SSSR count). The van der Waals surface area contributed by atoms with Gasteiger partial charge in [-0.2, -0.15) is 0 Å². The Morgan fingerprint density at radius 3 is 2.38 bits per heavy atom. The third-order valence-corrected chi connectivity index (χ3v) is 5.63. The van der Waals surface area contributed by atoms with Crippen molar-refractivity contribution in [3.63, 3.8) is 0 Å². The van der Waals surface area contributed by atoms with Crippen LogP contribution in [0.1, 0.15) is 25.7 Å². The van der Waals surface area contributed by atoms with Gasteiger partial charge in [-0.1, -0.05) is 18.2 Å². The van der Waals surface area contributed by atoms with E-state index >= 15 is 0 Å². The highest BCUT2D eigenvalue weighted by molar-refractivity contribution is 7.99. The molecule has 1 spiro atoms. The van der Waals surface area contributed by atoms with E-state index in [1.165, 1.54) is 0 Å². The number of piperidine rings is 1. The Kier molecular flexibility index (Phi) is 3.95. The molecule has 0 radical (unpaired) electrons. The molecule has 2 nitrogen and oxygen atoms in total. The minimum Gasteiger partial charge on any atom is -0.343 e. The summed E-state index contributed by atoms with van der Waals surface area (Å²) in [7, 11) is 0. The number of thioether (sulfide) groups is 1. The molecule has 1 saturated carbocycles. The highest BCUT2D eigenvalue weighted by Crippen LogP contribution is 2.65. The number of halogens is 2. The largest absolute Gasteiger partial charge is 0.343 e. The van der Waals surface area contributed by atoms with Gasteiger partial charge < -0.3 is 4.90 Å². The third kappa shape index (κ3) is 3.07. The first kappa shape index (κ1) is 14.8. The molecule has 0 aromatic heterocycles. The normalized spacial score (nSPS) is 22.3. The van der Waals surface area contributed by atoms with E-state index < -0.39 is 11.3 Å². The fourth-order valence-corrected chi connectivity index (χ4v) is 3.90. The van der Waals surface area contributed by atoms with Gasteiger partial charge in [-0.25, -0.2) is 8.78 Å². The number of amides is 1. The summed E-state index contributed by atoms with van der Waals surface area (Å²) in [6, 6.07) is 9.96. The lowest BCUT2D eigenvalue weighted by molar-refractivity contribution is -0.133. The van der Waals surface area contributed by atoms with Crippen LogP contribution in [-0.2, 0) is 4.79 Å². The van der Waals surface area contributed by atoms with E-state index in [0.717, 1.165) is 10.6 Å². The Balaban J connectivity index is 1.41. The van der Waals surface area contributed by atoms with E-state index in [1.807, 2.05) is 30.3 Å². The van der Waals surface area contributed by atoms with Gasteiger partial charge in [0.25, 0.3) is 5.92 Å². The molecule has 0 bridgehead atoms. The zero-order valence-electron chi connectivity index (χ0n) is 11.9. The topological polar surface area (TPSA) is 20.3 Å². The van der Waals surface area contributed by atoms with E-state index in [2.05, 4.69) is 0 Å². The zero-order chi connectivity index (χ0) is 14.9. The number of hydrogen-bond donors (Lipinski definition) is 0. The summed E-state index contributed by atoms with van der Waals surface area (Å²) in [5, 5.41) is 0. The molecule has 1 aromatic rings. The molecular formula is C16H19F2NOS. The molecule has 2 aliphatic rings. The quantitative estimate of drug-likeness (QED) is 0.788. The van der Waals surface area contributed by atoms with Crippen LogP contribution in [0, 0.1) is 5.41 Å². The van der Waals surface area contributed by atoms with Crippen molar-refractivity contribution in [3.8, 4) is 0 Å². The Morgan fingerprint density at radius 2 is 1.81 bits per heavy atom. The molecule has 1 aliphatic carbocycles. The Labute approximate surface area is 127 Å². The van der Waals surface area contributed by atoms with Crippen LogP contribution in [0.25, 0.3) is 0 Å². The highest BCUT2D eigenvalue weighted by atomic mass is 32.2. The van der Waals surface area contributed by atoms with Crippen LogP contribution >= 0.6 is 11.8 Å². The van der Waals surface area contributed by atoms with E-state index in [0.29, 0.717) is 32.4 Å². The fraction of sp³-hybridized carbons (Fsp3) is 0.562. The fourth-order valence-electron chi connectivity index (χ4n) is 3.04. The zero-order valence-corrected chi connectivity index (χ0v) is 12.7. The summed E-state index contributed by atoms with van der Waals surface area (Å²) in [6.45, 7) is 0.981. The van der Waals surface area contributed by atoms with Crippen molar-refractivity contribution in [1.82, 2.24) is 4.90 Å². The minimum atomic E-state index is -2.48. The van der Waals surface area contributed by atoms with Gasteiger partial charge in [-0.3, -0.25) is 4.79 Å². The Bertz CT molecular complexity index is 512. The van der Waals surface area contributed by atoms with Crippen LogP contribution in [0.5, 0.6) is 0 Å². The average Bonchev–Trinajstić information content (AvgIpc) is 3.01. The molecule has 114 valence electrons. The number of nitrogens with zero attached hydrogens (tertiary/aromatic N) is 1. The molecule has 21 heavy (non-hydrogen) atoms. The molecular weight excluding hydrogens is 292 g/mol. The molecule has 1 aromatic carbocycles. The van der Waals surface area contributed by atoms with Crippen molar-refractivity contribution in [3.05, 3.63) is 30.3 Å². The summed E-state index contributed by atoms with van der Waals surface area (Å²) < 4.78 is 26.6. The number of likely N-dealkylation sites (tertiary alicyclic amines) is 1. The second kappa shape index (κ2) is 5.59. The van der Waals surface area contributed by atoms with Crippen LogP contribution < -0.4 is 0 Å². The van der Waals surface area contributed by atoms with Crippen molar-refractivity contribution in [1.29, 1.82) is 0 Å². The lowest BCUT2D eigenvalue weighted by atomic mass is 9.93. The molecule has 1 aliphatic heterocycles. The number of alkyl halides is 2. The summed E-state index contributed by atoms with van der Waals surface area (Å²) in [4.78, 5) is 15.0. The van der Waals surface area contributed by atoms with Gasteiger partial charge in [0.15, 0.2) is 0 Å². The maximum Gasteiger partial charge on any atom is 0.254 e. The number of carbonyl (C=O) groups excluding carboxylic acids is 1. The highest BCUT2D eigenvalue weighted by Gasteiger charge is 2.70. The second-order valence-electron chi connectivity index (χ2n) is 5.95. The first-order valence-corrected chi connectivity index (χ1v) is 8.34. The van der Waals surface area contributed by atoms with Gasteiger partial charge in [0, 0.05) is 42.0 Å². The van der Waals surface area contributed by atoms with Crippen molar-refractivity contribution >= 4 is 17.7 Å². The summed E-state index contributed by atoms with van der Waals surface area (Å²) in [5.74, 6) is -1.65. The molecule has 5 heteroatoms. The smallest absolute Gasteiger partial charge is 0.254 e. The van der Waals surface area contributed by atoms with Crippen molar-refractivity contribution in [2.45, 2.75) is 36.5 Å². The number of rotatable bonds is 4.